The number of nitrogens with one attached hydrogen (secondary N) is 2. The maximum Gasteiger partial charge on any atom is 0.228 e. The van der Waals surface area contributed by atoms with E-state index in [9.17, 15) is 9.59 Å². The summed E-state index contributed by atoms with van der Waals surface area (Å²) in [5.74, 6) is 0.322. The summed E-state index contributed by atoms with van der Waals surface area (Å²) in [5.41, 5.74) is 2.25. The van der Waals surface area contributed by atoms with Gasteiger partial charge in [0, 0.05) is 12.1 Å². The van der Waals surface area contributed by atoms with Gasteiger partial charge >= 0.3 is 0 Å². The molecular formula is C19H18ClN3O3S. The number of ether oxygens (including phenoxy) is 1. The minimum absolute atomic E-state index is 0.0770. The SMILES string of the molecule is CCC(=O)Nc1nc2ccc(CC(=O)Nc3ccc(OC)c(Cl)c3)cc2s1. The summed E-state index contributed by atoms with van der Waals surface area (Å²) >= 11 is 7.46. The molecule has 2 aromatic carbocycles. The molecule has 0 fully saturated rings. The molecule has 2 amide bonds. The van der Waals surface area contributed by atoms with E-state index in [1.807, 2.05) is 18.2 Å². The van der Waals surface area contributed by atoms with Crippen LogP contribution in [0.15, 0.2) is 36.4 Å². The highest BCUT2D eigenvalue weighted by Gasteiger charge is 2.10. The summed E-state index contributed by atoms with van der Waals surface area (Å²) in [7, 11) is 1.54. The van der Waals surface area contributed by atoms with Gasteiger partial charge in [-0.2, -0.15) is 0 Å². The van der Waals surface area contributed by atoms with Crippen molar-refractivity contribution < 1.29 is 14.3 Å². The molecule has 8 heteroatoms. The Kier molecular flexibility index (Phi) is 5.93. The topological polar surface area (TPSA) is 80.3 Å². The Morgan fingerprint density at radius 2 is 1.96 bits per heavy atom. The molecule has 0 atom stereocenters. The standard InChI is InChI=1S/C19H18ClN3O3S/c1-3-17(24)23-19-22-14-6-4-11(8-16(14)27-19)9-18(25)21-12-5-7-15(26-2)13(20)10-12/h4-8,10H,3,9H2,1-2H3,(H,21,25)(H,22,23,24). The maximum atomic E-state index is 12.3. The van der Waals surface area contributed by atoms with Crippen molar-refractivity contribution in [1.29, 1.82) is 0 Å². The molecule has 1 aromatic heterocycles. The first-order chi connectivity index (χ1) is 13.0. The lowest BCUT2D eigenvalue weighted by molar-refractivity contribution is -0.116. The summed E-state index contributed by atoms with van der Waals surface area (Å²) < 4.78 is 6.01. The Morgan fingerprint density at radius 1 is 1.15 bits per heavy atom. The number of thiazole rings is 1. The van der Waals surface area contributed by atoms with E-state index in [1.54, 1.807) is 25.1 Å². The van der Waals surface area contributed by atoms with Crippen molar-refractivity contribution >= 4 is 55.8 Å². The lowest BCUT2D eigenvalue weighted by atomic mass is 10.1. The molecule has 27 heavy (non-hydrogen) atoms. The van der Waals surface area contributed by atoms with E-state index in [-0.39, 0.29) is 18.2 Å². The predicted octanol–water partition coefficient (Wildman–Crippen LogP) is 4.49. The number of anilines is 2. The highest BCUT2D eigenvalue weighted by atomic mass is 35.5. The summed E-state index contributed by atoms with van der Waals surface area (Å²) in [6, 6.07) is 10.7. The van der Waals surface area contributed by atoms with Crippen LogP contribution in [-0.2, 0) is 16.0 Å². The van der Waals surface area contributed by atoms with Gasteiger partial charge in [0.1, 0.15) is 5.75 Å². The first-order valence-corrected chi connectivity index (χ1v) is 9.50. The van der Waals surface area contributed by atoms with Crippen LogP contribution in [-0.4, -0.2) is 23.9 Å². The molecule has 0 radical (unpaired) electrons. The number of aromatic nitrogens is 1. The van der Waals surface area contributed by atoms with Crippen molar-refractivity contribution in [1.82, 2.24) is 4.98 Å². The first-order valence-electron chi connectivity index (χ1n) is 8.31. The monoisotopic (exact) mass is 403 g/mol. The van der Waals surface area contributed by atoms with Gasteiger partial charge in [0.15, 0.2) is 5.13 Å². The van der Waals surface area contributed by atoms with Crippen LogP contribution in [0.1, 0.15) is 18.9 Å². The lowest BCUT2D eigenvalue weighted by Gasteiger charge is -2.08. The number of benzene rings is 2. The van der Waals surface area contributed by atoms with Gasteiger partial charge in [-0.1, -0.05) is 35.9 Å². The molecular weight excluding hydrogens is 386 g/mol. The minimum Gasteiger partial charge on any atom is -0.495 e. The molecule has 3 aromatic rings. The maximum absolute atomic E-state index is 12.3. The van der Waals surface area contributed by atoms with Crippen LogP contribution in [0.5, 0.6) is 5.75 Å². The van der Waals surface area contributed by atoms with Crippen LogP contribution in [0, 0.1) is 0 Å². The molecule has 0 saturated carbocycles. The van der Waals surface area contributed by atoms with Crippen molar-refractivity contribution in [3.63, 3.8) is 0 Å². The zero-order valence-corrected chi connectivity index (χ0v) is 16.4. The van der Waals surface area contributed by atoms with Crippen molar-refractivity contribution in [3.8, 4) is 5.75 Å². The minimum atomic E-state index is -0.153. The predicted molar refractivity (Wildman–Crippen MR) is 109 cm³/mol. The van der Waals surface area contributed by atoms with Crippen LogP contribution >= 0.6 is 22.9 Å². The van der Waals surface area contributed by atoms with Crippen LogP contribution in [0.2, 0.25) is 5.02 Å². The van der Waals surface area contributed by atoms with Gasteiger partial charge in [-0.15, -0.1) is 0 Å². The zero-order chi connectivity index (χ0) is 19.4. The van der Waals surface area contributed by atoms with Crippen molar-refractivity contribution in [2.75, 3.05) is 17.7 Å². The number of rotatable bonds is 6. The quantitative estimate of drug-likeness (QED) is 0.635. The Labute approximate surface area is 165 Å². The molecule has 0 saturated heterocycles. The highest BCUT2D eigenvalue weighted by Crippen LogP contribution is 2.28. The number of hydrogen-bond donors (Lipinski definition) is 2. The summed E-state index contributed by atoms with van der Waals surface area (Å²) in [6.07, 6.45) is 0.616. The molecule has 140 valence electrons. The van der Waals surface area contributed by atoms with Crippen LogP contribution < -0.4 is 15.4 Å². The van der Waals surface area contributed by atoms with E-state index in [1.165, 1.54) is 18.4 Å². The molecule has 0 spiro atoms. The van der Waals surface area contributed by atoms with Gasteiger partial charge in [0.25, 0.3) is 0 Å². The van der Waals surface area contributed by atoms with Crippen molar-refractivity contribution in [2.45, 2.75) is 19.8 Å². The van der Waals surface area contributed by atoms with Crippen LogP contribution in [0.25, 0.3) is 10.2 Å². The first kappa shape index (κ1) is 19.1. The number of methoxy groups -OCH3 is 1. The average molecular weight is 404 g/mol. The van der Waals surface area contributed by atoms with E-state index < -0.39 is 0 Å². The number of hydrogen-bond acceptors (Lipinski definition) is 5. The van der Waals surface area contributed by atoms with Crippen LogP contribution in [0.4, 0.5) is 10.8 Å². The van der Waals surface area contributed by atoms with E-state index in [2.05, 4.69) is 15.6 Å². The van der Waals surface area contributed by atoms with Crippen molar-refractivity contribution in [3.05, 3.63) is 47.0 Å². The molecule has 1 heterocycles. The third-order valence-electron chi connectivity index (χ3n) is 3.82. The molecule has 0 aliphatic rings. The largest absolute Gasteiger partial charge is 0.495 e. The van der Waals surface area contributed by atoms with E-state index >= 15 is 0 Å². The molecule has 0 aliphatic heterocycles. The van der Waals surface area contributed by atoms with Gasteiger partial charge in [-0.05, 0) is 35.9 Å². The van der Waals surface area contributed by atoms with Gasteiger partial charge in [0.05, 0.1) is 28.8 Å². The third-order valence-corrected chi connectivity index (χ3v) is 5.05. The van der Waals surface area contributed by atoms with Crippen molar-refractivity contribution in [2.24, 2.45) is 0 Å². The van der Waals surface area contributed by atoms with Gasteiger partial charge in [-0.25, -0.2) is 4.98 Å². The Balaban J connectivity index is 1.69. The lowest BCUT2D eigenvalue weighted by Crippen LogP contribution is -2.14. The summed E-state index contributed by atoms with van der Waals surface area (Å²) in [5, 5.41) is 6.57. The summed E-state index contributed by atoms with van der Waals surface area (Å²) in [6.45, 7) is 1.79. The Bertz CT molecular complexity index is 1000. The molecule has 6 nitrogen and oxygen atoms in total. The third kappa shape index (κ3) is 4.75. The second kappa shape index (κ2) is 8.37. The van der Waals surface area contributed by atoms with Gasteiger partial charge in [0.2, 0.25) is 11.8 Å². The number of carbonyl (C=O) groups is 2. The highest BCUT2D eigenvalue weighted by molar-refractivity contribution is 7.22. The Morgan fingerprint density at radius 3 is 2.67 bits per heavy atom. The second-order valence-corrected chi connectivity index (χ2v) is 7.23. The average Bonchev–Trinajstić information content (AvgIpc) is 3.03. The molecule has 0 bridgehead atoms. The normalized spacial score (nSPS) is 10.6. The fraction of sp³-hybridized carbons (Fsp3) is 0.211. The number of halogens is 1. The number of fused-ring (bicyclic) bond motifs is 1. The number of nitrogens with zero attached hydrogens (tertiary/aromatic N) is 1. The van der Waals surface area contributed by atoms with E-state index in [0.29, 0.717) is 28.0 Å². The molecule has 3 rings (SSSR count). The molecule has 0 unspecified atom stereocenters. The fourth-order valence-corrected chi connectivity index (χ4v) is 3.68. The van der Waals surface area contributed by atoms with E-state index in [0.717, 1.165) is 15.8 Å². The van der Waals surface area contributed by atoms with Gasteiger partial charge < -0.3 is 15.4 Å². The molecule has 0 aliphatic carbocycles. The van der Waals surface area contributed by atoms with E-state index in [4.69, 9.17) is 16.3 Å². The zero-order valence-electron chi connectivity index (χ0n) is 14.8. The van der Waals surface area contributed by atoms with Crippen LogP contribution in [0.3, 0.4) is 0 Å². The molecule has 2 N–H and O–H groups in total. The smallest absolute Gasteiger partial charge is 0.228 e. The Hall–Kier alpha value is -2.64. The number of carbonyl (C=O) groups excluding carboxylic acids is 2. The summed E-state index contributed by atoms with van der Waals surface area (Å²) in [4.78, 5) is 28.2. The fourth-order valence-electron chi connectivity index (χ4n) is 2.47. The van der Waals surface area contributed by atoms with Gasteiger partial charge in [-0.3, -0.25) is 9.59 Å². The second-order valence-electron chi connectivity index (χ2n) is 5.80. The number of amides is 2.